The molecule has 3 aliphatic heterocycles. The van der Waals surface area contributed by atoms with E-state index in [1.807, 2.05) is 7.05 Å². The standard InChI is InChI=1S/C18H26N4S/c1-19-18(13-2-3-13)20-16-5-4-15(12-17(16)23)22-11-10-21-8-6-14(22)7-9-21/h4-5,12-14,23H,2-3,6-11H2,1H3,(H,19,20). The Hall–Kier alpha value is -1.20. The van der Waals surface area contributed by atoms with Gasteiger partial charge in [0.1, 0.15) is 5.84 Å². The number of nitrogens with zero attached hydrogens (tertiary/aromatic N) is 3. The minimum Gasteiger partial charge on any atom is -0.367 e. The molecule has 1 aromatic carbocycles. The number of aliphatic imine (C=N–C) groups is 1. The molecule has 0 aromatic heterocycles. The molecule has 0 amide bonds. The van der Waals surface area contributed by atoms with E-state index in [0.29, 0.717) is 12.0 Å². The average molecular weight is 331 g/mol. The number of benzene rings is 1. The van der Waals surface area contributed by atoms with Gasteiger partial charge in [0.05, 0.1) is 5.69 Å². The predicted octanol–water partition coefficient (Wildman–Crippen LogP) is 3.11. The minimum atomic E-state index is 0.627. The molecule has 1 aliphatic carbocycles. The summed E-state index contributed by atoms with van der Waals surface area (Å²) in [7, 11) is 1.87. The van der Waals surface area contributed by atoms with E-state index >= 15 is 0 Å². The van der Waals surface area contributed by atoms with E-state index in [1.165, 1.54) is 51.0 Å². The fourth-order valence-electron chi connectivity index (χ4n) is 3.87. The van der Waals surface area contributed by atoms with Crippen molar-refractivity contribution in [3.05, 3.63) is 18.2 Å². The highest BCUT2D eigenvalue weighted by molar-refractivity contribution is 7.80. The van der Waals surface area contributed by atoms with Gasteiger partial charge in [0.15, 0.2) is 0 Å². The van der Waals surface area contributed by atoms with Crippen LogP contribution in [0, 0.1) is 5.92 Å². The van der Waals surface area contributed by atoms with Crippen molar-refractivity contribution in [2.24, 2.45) is 10.9 Å². The van der Waals surface area contributed by atoms with Crippen LogP contribution in [-0.4, -0.2) is 50.0 Å². The Morgan fingerprint density at radius 2 is 1.91 bits per heavy atom. The molecule has 5 heteroatoms. The average Bonchev–Trinajstić information content (AvgIpc) is 3.41. The number of thiol groups is 1. The van der Waals surface area contributed by atoms with E-state index in [2.05, 4.69) is 38.3 Å². The summed E-state index contributed by atoms with van der Waals surface area (Å²) in [5, 5.41) is 3.48. The van der Waals surface area contributed by atoms with E-state index in [0.717, 1.165) is 23.0 Å². The second-order valence-corrected chi connectivity index (χ2v) is 7.46. The molecule has 4 fully saturated rings. The van der Waals surface area contributed by atoms with Crippen molar-refractivity contribution < 1.29 is 0 Å². The summed E-state index contributed by atoms with van der Waals surface area (Å²) in [4.78, 5) is 10.6. The van der Waals surface area contributed by atoms with Crippen molar-refractivity contribution in [3.63, 3.8) is 0 Å². The molecule has 1 saturated carbocycles. The first-order valence-electron chi connectivity index (χ1n) is 8.80. The zero-order chi connectivity index (χ0) is 15.8. The van der Waals surface area contributed by atoms with Crippen LogP contribution in [0.15, 0.2) is 28.1 Å². The third-order valence-corrected chi connectivity index (χ3v) is 5.81. The number of hydrogen-bond acceptors (Lipinski definition) is 4. The fourth-order valence-corrected chi connectivity index (χ4v) is 4.13. The summed E-state index contributed by atoms with van der Waals surface area (Å²) in [5.74, 6) is 1.73. The summed E-state index contributed by atoms with van der Waals surface area (Å²) < 4.78 is 0. The Labute approximate surface area is 144 Å². The molecule has 1 N–H and O–H groups in total. The second-order valence-electron chi connectivity index (χ2n) is 6.98. The molecule has 1 aromatic rings. The summed E-state index contributed by atoms with van der Waals surface area (Å²) in [5.41, 5.74) is 2.39. The SMILES string of the molecule is CN=C(Nc1ccc(N2CCN3CCC2CC3)cc1S)C1CC1. The van der Waals surface area contributed by atoms with Crippen LogP contribution in [0.1, 0.15) is 25.7 Å². The van der Waals surface area contributed by atoms with Gasteiger partial charge in [0.2, 0.25) is 0 Å². The van der Waals surface area contributed by atoms with Gasteiger partial charge in [-0.1, -0.05) is 0 Å². The van der Waals surface area contributed by atoms with Crippen molar-refractivity contribution in [3.8, 4) is 0 Å². The number of rotatable bonds is 3. The number of nitrogens with one attached hydrogen (secondary N) is 1. The van der Waals surface area contributed by atoms with Crippen molar-refractivity contribution in [2.75, 3.05) is 43.4 Å². The highest BCUT2D eigenvalue weighted by atomic mass is 32.1. The lowest BCUT2D eigenvalue weighted by Crippen LogP contribution is -2.37. The molecule has 4 nitrogen and oxygen atoms in total. The van der Waals surface area contributed by atoms with E-state index in [4.69, 9.17) is 12.6 Å². The van der Waals surface area contributed by atoms with E-state index in [9.17, 15) is 0 Å². The van der Waals surface area contributed by atoms with Crippen LogP contribution in [0.4, 0.5) is 11.4 Å². The molecule has 5 rings (SSSR count). The molecule has 0 atom stereocenters. The minimum absolute atomic E-state index is 0.627. The number of anilines is 2. The molecule has 0 spiro atoms. The number of hydrogen-bond donors (Lipinski definition) is 2. The third kappa shape index (κ3) is 3.22. The summed E-state index contributed by atoms with van der Waals surface area (Å²) in [6.07, 6.45) is 5.09. The molecule has 0 unspecified atom stereocenters. The normalized spacial score (nSPS) is 27.9. The molecule has 2 bridgehead atoms. The lowest BCUT2D eigenvalue weighted by Gasteiger charge is -2.33. The van der Waals surface area contributed by atoms with Crippen LogP contribution in [0.3, 0.4) is 0 Å². The Balaban J connectivity index is 1.53. The second kappa shape index (κ2) is 6.36. The zero-order valence-corrected chi connectivity index (χ0v) is 14.7. The Morgan fingerprint density at radius 3 is 2.57 bits per heavy atom. The van der Waals surface area contributed by atoms with Crippen molar-refractivity contribution >= 4 is 29.8 Å². The smallest absolute Gasteiger partial charge is 0.103 e. The maximum atomic E-state index is 4.73. The van der Waals surface area contributed by atoms with Gasteiger partial charge in [0, 0.05) is 55.8 Å². The first-order valence-corrected chi connectivity index (χ1v) is 9.25. The number of fused-ring (bicyclic) bond motifs is 4. The van der Waals surface area contributed by atoms with Gasteiger partial charge >= 0.3 is 0 Å². The van der Waals surface area contributed by atoms with Gasteiger partial charge in [-0.25, -0.2) is 0 Å². The first kappa shape index (κ1) is 15.3. The molecule has 3 saturated heterocycles. The van der Waals surface area contributed by atoms with Gasteiger partial charge < -0.3 is 15.1 Å². The van der Waals surface area contributed by atoms with Crippen molar-refractivity contribution in [1.82, 2.24) is 4.90 Å². The quantitative estimate of drug-likeness (QED) is 0.507. The Kier molecular flexibility index (Phi) is 4.24. The highest BCUT2D eigenvalue weighted by Gasteiger charge is 2.30. The van der Waals surface area contributed by atoms with Gasteiger partial charge in [-0.15, -0.1) is 12.6 Å². The van der Waals surface area contributed by atoms with E-state index in [-0.39, 0.29) is 0 Å². The summed E-state index contributed by atoms with van der Waals surface area (Å²) in [6.45, 7) is 4.83. The maximum absolute atomic E-state index is 4.73. The van der Waals surface area contributed by atoms with Crippen LogP contribution in [0.25, 0.3) is 0 Å². The van der Waals surface area contributed by atoms with Crippen LogP contribution < -0.4 is 10.2 Å². The first-order chi connectivity index (χ1) is 11.2. The Morgan fingerprint density at radius 1 is 1.13 bits per heavy atom. The van der Waals surface area contributed by atoms with Gasteiger partial charge in [-0.3, -0.25) is 4.99 Å². The van der Waals surface area contributed by atoms with Crippen LogP contribution >= 0.6 is 12.6 Å². The van der Waals surface area contributed by atoms with Gasteiger partial charge in [-0.2, -0.15) is 0 Å². The third-order valence-electron chi connectivity index (χ3n) is 5.44. The predicted molar refractivity (Wildman–Crippen MR) is 100 cm³/mol. The lowest BCUT2D eigenvalue weighted by atomic mass is 10.0. The molecule has 4 aliphatic rings. The van der Waals surface area contributed by atoms with Crippen LogP contribution in [0.5, 0.6) is 0 Å². The molecular formula is C18H26N4S. The lowest BCUT2D eigenvalue weighted by molar-refractivity contribution is 0.250. The largest absolute Gasteiger partial charge is 0.367 e. The van der Waals surface area contributed by atoms with Crippen LogP contribution in [-0.2, 0) is 0 Å². The highest BCUT2D eigenvalue weighted by Crippen LogP contribution is 2.34. The summed E-state index contributed by atoms with van der Waals surface area (Å²) >= 11 is 4.73. The van der Waals surface area contributed by atoms with Crippen molar-refractivity contribution in [2.45, 2.75) is 36.6 Å². The zero-order valence-electron chi connectivity index (χ0n) is 13.8. The molecular weight excluding hydrogens is 304 g/mol. The van der Waals surface area contributed by atoms with Crippen molar-refractivity contribution in [1.29, 1.82) is 0 Å². The topological polar surface area (TPSA) is 30.9 Å². The molecule has 124 valence electrons. The number of amidine groups is 1. The maximum Gasteiger partial charge on any atom is 0.103 e. The Bertz CT molecular complexity index is 603. The van der Waals surface area contributed by atoms with Gasteiger partial charge in [0.25, 0.3) is 0 Å². The van der Waals surface area contributed by atoms with E-state index < -0.39 is 0 Å². The monoisotopic (exact) mass is 330 g/mol. The molecule has 23 heavy (non-hydrogen) atoms. The number of piperidine rings is 1. The fraction of sp³-hybridized carbons (Fsp3) is 0.611. The summed E-state index contributed by atoms with van der Waals surface area (Å²) in [6, 6.07) is 7.33. The molecule has 0 radical (unpaired) electrons. The van der Waals surface area contributed by atoms with Crippen LogP contribution in [0.2, 0.25) is 0 Å². The van der Waals surface area contributed by atoms with E-state index in [1.54, 1.807) is 0 Å². The molecule has 3 heterocycles. The van der Waals surface area contributed by atoms with Gasteiger partial charge in [-0.05, 0) is 43.9 Å².